The summed E-state index contributed by atoms with van der Waals surface area (Å²) in [7, 11) is 0. The van der Waals surface area contributed by atoms with Crippen molar-refractivity contribution in [1.29, 1.82) is 0 Å². The maximum atomic E-state index is 13.5. The molecule has 0 spiro atoms. The van der Waals surface area contributed by atoms with Crippen molar-refractivity contribution in [3.05, 3.63) is 95.1 Å². The highest BCUT2D eigenvalue weighted by molar-refractivity contribution is 5.78. The van der Waals surface area contributed by atoms with Crippen molar-refractivity contribution in [2.45, 2.75) is 38.9 Å². The predicted octanol–water partition coefficient (Wildman–Crippen LogP) is 5.31. The van der Waals surface area contributed by atoms with Gasteiger partial charge >= 0.3 is 6.03 Å². The molecule has 3 aromatic rings. The number of carbonyl (C=O) groups excluding carboxylic acids is 2. The van der Waals surface area contributed by atoms with Crippen LogP contribution in [0.3, 0.4) is 0 Å². The predicted molar refractivity (Wildman–Crippen MR) is 127 cm³/mol. The highest BCUT2D eigenvalue weighted by Gasteiger charge is 2.20. The normalized spacial score (nSPS) is 14.2. The number of urea groups is 1. The van der Waals surface area contributed by atoms with Crippen molar-refractivity contribution in [3.63, 3.8) is 0 Å². The maximum Gasteiger partial charge on any atom is 0.315 e. The lowest BCUT2D eigenvalue weighted by Gasteiger charge is -2.17. The van der Waals surface area contributed by atoms with E-state index in [1.807, 2.05) is 53.4 Å². The van der Waals surface area contributed by atoms with Gasteiger partial charge in [-0.1, -0.05) is 54.6 Å². The van der Waals surface area contributed by atoms with Gasteiger partial charge in [0.05, 0.1) is 6.04 Å². The first-order chi connectivity index (χ1) is 16.4. The van der Waals surface area contributed by atoms with Crippen LogP contribution in [-0.2, 0) is 17.9 Å². The van der Waals surface area contributed by atoms with Gasteiger partial charge in [0.2, 0.25) is 5.91 Å². The molecule has 1 heterocycles. The Morgan fingerprint density at radius 2 is 1.79 bits per heavy atom. The van der Waals surface area contributed by atoms with E-state index in [9.17, 15) is 18.4 Å². The summed E-state index contributed by atoms with van der Waals surface area (Å²) in [5, 5.41) is 5.58. The third-order valence-corrected chi connectivity index (χ3v) is 6.06. The summed E-state index contributed by atoms with van der Waals surface area (Å²) in [6.07, 6.45) is 1.55. The number of hydrogen-bond acceptors (Lipinski definition) is 2. The number of rotatable bonds is 7. The second-order valence-corrected chi connectivity index (χ2v) is 8.50. The zero-order valence-electron chi connectivity index (χ0n) is 19.0. The zero-order valence-corrected chi connectivity index (χ0v) is 19.0. The summed E-state index contributed by atoms with van der Waals surface area (Å²) in [6.45, 7) is 3.44. The molecule has 0 bridgehead atoms. The molecule has 1 aliphatic heterocycles. The lowest BCUT2D eigenvalue weighted by Crippen LogP contribution is -2.36. The number of amides is 3. The molecular weight excluding hydrogens is 436 g/mol. The number of hydrogen-bond donors (Lipinski definition) is 2. The van der Waals surface area contributed by atoms with Crippen LogP contribution >= 0.6 is 0 Å². The van der Waals surface area contributed by atoms with E-state index >= 15 is 0 Å². The zero-order chi connectivity index (χ0) is 24.1. The van der Waals surface area contributed by atoms with Gasteiger partial charge in [-0.05, 0) is 53.3 Å². The molecule has 34 heavy (non-hydrogen) atoms. The van der Waals surface area contributed by atoms with E-state index in [1.54, 1.807) is 6.92 Å². The first kappa shape index (κ1) is 23.4. The molecule has 0 aliphatic carbocycles. The third-order valence-electron chi connectivity index (χ3n) is 6.06. The number of nitrogens with one attached hydrogen (secondary N) is 2. The van der Waals surface area contributed by atoms with Gasteiger partial charge in [-0.2, -0.15) is 0 Å². The van der Waals surface area contributed by atoms with Gasteiger partial charge in [0, 0.05) is 26.1 Å². The molecule has 4 rings (SSSR count). The standard InChI is InChI=1S/C27H27F2N3O2/c1-18(21-12-13-24(28)25(29)15-21)31-27(34)30-16-22-5-2-3-6-23(22)20-10-8-19(9-11-20)17-32-14-4-7-26(32)33/h2-3,5-6,8-13,15,18H,4,7,14,16-17H2,1H3,(H2,30,31,34)/t18-/m1/s1. The van der Waals surface area contributed by atoms with E-state index in [0.717, 1.165) is 47.4 Å². The van der Waals surface area contributed by atoms with Gasteiger partial charge in [0.1, 0.15) is 0 Å². The Morgan fingerprint density at radius 3 is 2.50 bits per heavy atom. The summed E-state index contributed by atoms with van der Waals surface area (Å²) >= 11 is 0. The summed E-state index contributed by atoms with van der Waals surface area (Å²) in [4.78, 5) is 26.2. The molecule has 0 unspecified atom stereocenters. The number of carbonyl (C=O) groups is 2. The Hall–Kier alpha value is -3.74. The fourth-order valence-corrected chi connectivity index (χ4v) is 4.13. The minimum Gasteiger partial charge on any atom is -0.338 e. The van der Waals surface area contributed by atoms with Gasteiger partial charge < -0.3 is 15.5 Å². The molecule has 176 valence electrons. The molecule has 3 aromatic carbocycles. The van der Waals surface area contributed by atoms with E-state index < -0.39 is 23.7 Å². The molecule has 7 heteroatoms. The van der Waals surface area contributed by atoms with Crippen LogP contribution in [0.2, 0.25) is 0 Å². The Morgan fingerprint density at radius 1 is 1.03 bits per heavy atom. The van der Waals surface area contributed by atoms with Crippen molar-refractivity contribution in [3.8, 4) is 11.1 Å². The first-order valence-corrected chi connectivity index (χ1v) is 11.3. The molecule has 3 amide bonds. The average Bonchev–Trinajstić information content (AvgIpc) is 3.24. The molecule has 2 N–H and O–H groups in total. The molecular formula is C27H27F2N3O2. The Bertz CT molecular complexity index is 1180. The van der Waals surface area contributed by atoms with Crippen LogP contribution in [0.1, 0.15) is 42.5 Å². The van der Waals surface area contributed by atoms with Gasteiger partial charge in [0.25, 0.3) is 0 Å². The monoisotopic (exact) mass is 463 g/mol. The number of halogens is 2. The van der Waals surface area contributed by atoms with E-state index in [2.05, 4.69) is 10.6 Å². The van der Waals surface area contributed by atoms with Gasteiger partial charge in [0.15, 0.2) is 11.6 Å². The van der Waals surface area contributed by atoms with E-state index in [-0.39, 0.29) is 5.91 Å². The van der Waals surface area contributed by atoms with Crippen LogP contribution in [-0.4, -0.2) is 23.4 Å². The summed E-state index contributed by atoms with van der Waals surface area (Å²) < 4.78 is 26.6. The minimum atomic E-state index is -0.946. The van der Waals surface area contributed by atoms with Crippen molar-refractivity contribution >= 4 is 11.9 Å². The minimum absolute atomic E-state index is 0.206. The fraction of sp³-hybridized carbons (Fsp3) is 0.259. The molecule has 0 radical (unpaired) electrons. The molecule has 1 fully saturated rings. The Kier molecular flexibility index (Phi) is 7.21. The Labute approximate surface area is 197 Å². The van der Waals surface area contributed by atoms with E-state index in [1.165, 1.54) is 6.07 Å². The van der Waals surface area contributed by atoms with Gasteiger partial charge in [-0.3, -0.25) is 4.79 Å². The van der Waals surface area contributed by atoms with Crippen molar-refractivity contribution in [2.24, 2.45) is 0 Å². The van der Waals surface area contributed by atoms with Crippen molar-refractivity contribution < 1.29 is 18.4 Å². The van der Waals surface area contributed by atoms with Crippen LogP contribution in [0.15, 0.2) is 66.7 Å². The van der Waals surface area contributed by atoms with Gasteiger partial charge in [-0.25, -0.2) is 13.6 Å². The molecule has 1 saturated heterocycles. The quantitative estimate of drug-likeness (QED) is 0.499. The Balaban J connectivity index is 1.38. The summed E-state index contributed by atoms with van der Waals surface area (Å²) in [6, 6.07) is 18.6. The number of likely N-dealkylation sites (tertiary alicyclic amines) is 1. The van der Waals surface area contributed by atoms with Gasteiger partial charge in [-0.15, -0.1) is 0 Å². The van der Waals surface area contributed by atoms with Crippen LogP contribution in [0.5, 0.6) is 0 Å². The third kappa shape index (κ3) is 5.60. The molecule has 0 aromatic heterocycles. The van der Waals surface area contributed by atoms with E-state index in [0.29, 0.717) is 25.1 Å². The SMILES string of the molecule is C[C@@H](NC(=O)NCc1ccccc1-c1ccc(CN2CCCC2=O)cc1)c1ccc(F)c(F)c1. The maximum absolute atomic E-state index is 13.5. The second kappa shape index (κ2) is 10.5. The van der Waals surface area contributed by atoms with E-state index in [4.69, 9.17) is 0 Å². The first-order valence-electron chi connectivity index (χ1n) is 11.3. The van der Waals surface area contributed by atoms with Crippen LogP contribution in [0.25, 0.3) is 11.1 Å². The number of benzene rings is 3. The smallest absolute Gasteiger partial charge is 0.315 e. The summed E-state index contributed by atoms with van der Waals surface area (Å²) in [5.74, 6) is -1.66. The topological polar surface area (TPSA) is 61.4 Å². The van der Waals surface area contributed by atoms with Crippen LogP contribution < -0.4 is 10.6 Å². The summed E-state index contributed by atoms with van der Waals surface area (Å²) in [5.41, 5.74) is 4.52. The molecule has 5 nitrogen and oxygen atoms in total. The average molecular weight is 464 g/mol. The molecule has 1 aliphatic rings. The second-order valence-electron chi connectivity index (χ2n) is 8.50. The largest absolute Gasteiger partial charge is 0.338 e. The highest BCUT2D eigenvalue weighted by atomic mass is 19.2. The lowest BCUT2D eigenvalue weighted by molar-refractivity contribution is -0.128. The molecule has 0 saturated carbocycles. The molecule has 1 atom stereocenters. The lowest BCUT2D eigenvalue weighted by atomic mass is 9.98. The van der Waals surface area contributed by atoms with Crippen LogP contribution in [0.4, 0.5) is 13.6 Å². The van der Waals surface area contributed by atoms with Crippen molar-refractivity contribution in [1.82, 2.24) is 15.5 Å². The fourth-order valence-electron chi connectivity index (χ4n) is 4.13. The van der Waals surface area contributed by atoms with Crippen LogP contribution in [0, 0.1) is 11.6 Å². The highest BCUT2D eigenvalue weighted by Crippen LogP contribution is 2.25. The number of nitrogens with zero attached hydrogens (tertiary/aromatic N) is 1. The van der Waals surface area contributed by atoms with Crippen molar-refractivity contribution in [2.75, 3.05) is 6.54 Å².